The first-order valence-corrected chi connectivity index (χ1v) is 9.87. The summed E-state index contributed by atoms with van der Waals surface area (Å²) in [4.78, 5) is 7.07. The van der Waals surface area contributed by atoms with Gasteiger partial charge in [-0.15, -0.1) is 0 Å². The lowest BCUT2D eigenvalue weighted by Gasteiger charge is -2.35. The predicted molar refractivity (Wildman–Crippen MR) is 112 cm³/mol. The Balaban J connectivity index is 1.58. The zero-order chi connectivity index (χ0) is 18.6. The molecule has 0 bridgehead atoms. The minimum absolute atomic E-state index is 0.244. The van der Waals surface area contributed by atoms with Crippen LogP contribution in [0.1, 0.15) is 18.4 Å². The van der Waals surface area contributed by atoms with E-state index in [0.29, 0.717) is 6.54 Å². The molecule has 140 valence electrons. The maximum atomic E-state index is 6.50. The molecule has 4 nitrogen and oxygen atoms in total. The van der Waals surface area contributed by atoms with E-state index in [4.69, 9.17) is 22.1 Å². The van der Waals surface area contributed by atoms with Gasteiger partial charge in [0.25, 0.3) is 0 Å². The normalized spacial score (nSPS) is 15.3. The third-order valence-corrected chi connectivity index (χ3v) is 5.42. The van der Waals surface area contributed by atoms with Gasteiger partial charge in [-0.1, -0.05) is 29.8 Å². The Hall–Kier alpha value is -2.30. The van der Waals surface area contributed by atoms with Crippen LogP contribution in [-0.2, 0) is 6.42 Å². The van der Waals surface area contributed by atoms with Gasteiger partial charge in [0.2, 0.25) is 0 Å². The molecule has 1 aliphatic heterocycles. The third-order valence-electron chi connectivity index (χ3n) is 5.11. The highest BCUT2D eigenvalue weighted by atomic mass is 35.5. The number of anilines is 1. The molecular weight excluding hydrogens is 358 g/mol. The minimum atomic E-state index is 0.244. The molecule has 2 N–H and O–H groups in total. The summed E-state index contributed by atoms with van der Waals surface area (Å²) in [7, 11) is 0. The fourth-order valence-corrected chi connectivity index (χ4v) is 4.11. The fourth-order valence-electron chi connectivity index (χ4n) is 3.83. The molecule has 1 fully saturated rings. The number of halogens is 1. The number of hydrogen-bond acceptors (Lipinski definition) is 4. The van der Waals surface area contributed by atoms with E-state index < -0.39 is 0 Å². The van der Waals surface area contributed by atoms with Gasteiger partial charge in [0.15, 0.2) is 0 Å². The van der Waals surface area contributed by atoms with E-state index in [-0.39, 0.29) is 6.10 Å². The van der Waals surface area contributed by atoms with Gasteiger partial charge in [-0.2, -0.15) is 0 Å². The highest BCUT2D eigenvalue weighted by Gasteiger charge is 2.24. The molecule has 0 atom stereocenters. The topological polar surface area (TPSA) is 51.4 Å². The molecule has 0 saturated carbocycles. The number of ether oxygens (including phenoxy) is 1. The van der Waals surface area contributed by atoms with Gasteiger partial charge in [-0.05, 0) is 48.9 Å². The van der Waals surface area contributed by atoms with E-state index in [0.717, 1.165) is 54.0 Å². The van der Waals surface area contributed by atoms with Gasteiger partial charge in [0.05, 0.1) is 16.2 Å². The second-order valence-electron chi connectivity index (χ2n) is 6.92. The molecule has 4 rings (SSSR count). The van der Waals surface area contributed by atoms with Crippen LogP contribution < -0.4 is 15.4 Å². The van der Waals surface area contributed by atoms with E-state index in [1.54, 1.807) is 0 Å². The van der Waals surface area contributed by atoms with Crippen molar-refractivity contribution in [2.45, 2.75) is 25.4 Å². The second-order valence-corrected chi connectivity index (χ2v) is 7.33. The molecule has 0 radical (unpaired) electrons. The molecule has 1 aromatic heterocycles. The van der Waals surface area contributed by atoms with Crippen molar-refractivity contribution < 1.29 is 4.74 Å². The van der Waals surface area contributed by atoms with Crippen LogP contribution in [0.3, 0.4) is 0 Å². The largest absolute Gasteiger partial charge is 0.490 e. The Morgan fingerprint density at radius 3 is 2.63 bits per heavy atom. The number of piperidine rings is 1. The molecule has 0 amide bonds. The van der Waals surface area contributed by atoms with E-state index in [9.17, 15) is 0 Å². The molecule has 1 saturated heterocycles. The smallest absolute Gasteiger partial charge is 0.119 e. The number of hydrogen-bond donors (Lipinski definition) is 1. The summed E-state index contributed by atoms with van der Waals surface area (Å²) < 4.78 is 6.14. The third kappa shape index (κ3) is 3.87. The second kappa shape index (κ2) is 8.15. The molecule has 0 spiro atoms. The zero-order valence-corrected chi connectivity index (χ0v) is 16.0. The summed E-state index contributed by atoms with van der Waals surface area (Å²) in [5.74, 6) is 0.943. The number of nitrogens with zero attached hydrogens (tertiary/aromatic N) is 2. The Bertz CT molecular complexity index is 908. The number of para-hydroxylation sites is 1. The van der Waals surface area contributed by atoms with Crippen LogP contribution in [0.2, 0.25) is 5.02 Å². The fraction of sp³-hybridized carbons (Fsp3) is 0.318. The average Bonchev–Trinajstić information content (AvgIpc) is 2.70. The molecule has 27 heavy (non-hydrogen) atoms. The zero-order valence-electron chi connectivity index (χ0n) is 15.3. The first-order chi connectivity index (χ1) is 13.3. The van der Waals surface area contributed by atoms with Crippen molar-refractivity contribution in [3.05, 3.63) is 65.3 Å². The summed E-state index contributed by atoms with van der Waals surface area (Å²) in [5, 5.41) is 1.74. The van der Waals surface area contributed by atoms with Crippen LogP contribution in [0.15, 0.2) is 54.7 Å². The van der Waals surface area contributed by atoms with Crippen molar-refractivity contribution >= 4 is 28.2 Å². The lowest BCUT2D eigenvalue weighted by molar-refractivity contribution is 0.171. The van der Waals surface area contributed by atoms with Crippen molar-refractivity contribution in [1.29, 1.82) is 0 Å². The summed E-state index contributed by atoms with van der Waals surface area (Å²) in [6, 6.07) is 16.1. The summed E-state index contributed by atoms with van der Waals surface area (Å²) >= 11 is 6.50. The van der Waals surface area contributed by atoms with Crippen LogP contribution in [0, 0.1) is 0 Å². The van der Waals surface area contributed by atoms with Crippen LogP contribution in [0.25, 0.3) is 10.9 Å². The van der Waals surface area contributed by atoms with Crippen molar-refractivity contribution in [2.75, 3.05) is 24.5 Å². The number of pyridine rings is 1. The van der Waals surface area contributed by atoms with Gasteiger partial charge in [-0.3, -0.25) is 4.98 Å². The van der Waals surface area contributed by atoms with E-state index in [1.807, 2.05) is 48.7 Å². The van der Waals surface area contributed by atoms with Crippen molar-refractivity contribution in [1.82, 2.24) is 4.98 Å². The molecule has 5 heteroatoms. The Kier molecular flexibility index (Phi) is 5.46. The standard InChI is InChI=1S/C22H24ClN3O/c23-20-15-16(8-11-24)22(21-19(20)7-4-12-25-21)26-13-9-18(10-14-26)27-17-5-2-1-3-6-17/h1-7,12,15,18H,8-11,13-14,24H2. The van der Waals surface area contributed by atoms with Gasteiger partial charge in [-0.25, -0.2) is 0 Å². The van der Waals surface area contributed by atoms with E-state index in [2.05, 4.69) is 16.0 Å². The minimum Gasteiger partial charge on any atom is -0.490 e. The lowest BCUT2D eigenvalue weighted by atomic mass is 10.0. The van der Waals surface area contributed by atoms with Crippen LogP contribution in [0.4, 0.5) is 5.69 Å². The highest BCUT2D eigenvalue weighted by molar-refractivity contribution is 6.36. The van der Waals surface area contributed by atoms with Gasteiger partial charge >= 0.3 is 0 Å². The monoisotopic (exact) mass is 381 g/mol. The molecule has 2 aromatic carbocycles. The molecule has 3 aromatic rings. The number of fused-ring (bicyclic) bond motifs is 1. The van der Waals surface area contributed by atoms with E-state index in [1.165, 1.54) is 11.3 Å². The van der Waals surface area contributed by atoms with Crippen LogP contribution >= 0.6 is 11.6 Å². The van der Waals surface area contributed by atoms with E-state index >= 15 is 0 Å². The number of nitrogens with two attached hydrogens (primary N) is 1. The lowest BCUT2D eigenvalue weighted by Crippen LogP contribution is -2.39. The first kappa shape index (κ1) is 18.1. The molecule has 1 aliphatic rings. The van der Waals surface area contributed by atoms with Crippen LogP contribution in [-0.4, -0.2) is 30.7 Å². The molecular formula is C22H24ClN3O. The van der Waals surface area contributed by atoms with Crippen molar-refractivity contribution in [3.63, 3.8) is 0 Å². The summed E-state index contributed by atoms with van der Waals surface area (Å²) in [5.41, 5.74) is 9.18. The highest BCUT2D eigenvalue weighted by Crippen LogP contribution is 2.36. The van der Waals surface area contributed by atoms with Gasteiger partial charge in [0, 0.05) is 37.5 Å². The van der Waals surface area contributed by atoms with Crippen molar-refractivity contribution in [3.8, 4) is 5.75 Å². The molecule has 2 heterocycles. The SMILES string of the molecule is NCCc1cc(Cl)c2cccnc2c1N1CCC(Oc2ccccc2)CC1. The maximum Gasteiger partial charge on any atom is 0.119 e. The summed E-state index contributed by atoms with van der Waals surface area (Å²) in [6.07, 6.45) is 4.83. The van der Waals surface area contributed by atoms with Crippen molar-refractivity contribution in [2.24, 2.45) is 5.73 Å². The number of benzene rings is 2. The molecule has 0 unspecified atom stereocenters. The van der Waals surface area contributed by atoms with Gasteiger partial charge < -0.3 is 15.4 Å². The Morgan fingerprint density at radius 2 is 1.89 bits per heavy atom. The number of rotatable bonds is 5. The van der Waals surface area contributed by atoms with Gasteiger partial charge in [0.1, 0.15) is 11.9 Å². The first-order valence-electron chi connectivity index (χ1n) is 9.49. The average molecular weight is 382 g/mol. The van der Waals surface area contributed by atoms with Crippen LogP contribution in [0.5, 0.6) is 5.75 Å². The Labute approximate surface area is 164 Å². The molecule has 0 aliphatic carbocycles. The predicted octanol–water partition coefficient (Wildman–Crippen LogP) is 4.44. The summed E-state index contributed by atoms with van der Waals surface area (Å²) in [6.45, 7) is 2.46. The Morgan fingerprint density at radius 1 is 1.11 bits per heavy atom. The quantitative estimate of drug-likeness (QED) is 0.710. The number of aromatic nitrogens is 1. The maximum absolute atomic E-state index is 6.50.